The van der Waals surface area contributed by atoms with Crippen LogP contribution in [0.1, 0.15) is 137 Å². The molecule has 1 N–H and O–H groups in total. The Labute approximate surface area is 214 Å². The second-order valence-electron chi connectivity index (χ2n) is 10.8. The molecule has 1 amide bonds. The van der Waals surface area contributed by atoms with E-state index in [2.05, 4.69) is 19.2 Å². The van der Waals surface area contributed by atoms with Gasteiger partial charge in [0.15, 0.2) is 0 Å². The Hall–Kier alpha value is -1.59. The van der Waals surface area contributed by atoms with Crippen LogP contribution in [0.25, 0.3) is 0 Å². The van der Waals surface area contributed by atoms with Gasteiger partial charge in [-0.05, 0) is 31.6 Å². The van der Waals surface area contributed by atoms with Gasteiger partial charge in [-0.1, -0.05) is 105 Å². The number of cyclic esters (lactones) is 1. The quantitative estimate of drug-likeness (QED) is 0.0949. The van der Waals surface area contributed by atoms with Gasteiger partial charge in [0.1, 0.15) is 18.2 Å². The lowest BCUT2D eigenvalue weighted by Gasteiger charge is -2.37. The monoisotopic (exact) mass is 495 g/mol. The van der Waals surface area contributed by atoms with E-state index in [1.165, 1.54) is 57.8 Å². The number of rotatable bonds is 23. The van der Waals surface area contributed by atoms with Crippen LogP contribution in [0.3, 0.4) is 0 Å². The maximum atomic E-state index is 12.9. The first-order valence-electron chi connectivity index (χ1n) is 14.5. The summed E-state index contributed by atoms with van der Waals surface area (Å²) in [6, 6.07) is -0.632. The molecular weight excluding hydrogens is 442 g/mol. The summed E-state index contributed by atoms with van der Waals surface area (Å²) in [4.78, 5) is 36.0. The van der Waals surface area contributed by atoms with E-state index in [-0.39, 0.29) is 36.0 Å². The first kappa shape index (κ1) is 31.4. The number of unbranched alkanes of at least 4 members (excludes halogenated alkanes) is 11. The SMILES string of the molecule is CCCCCCCCCC(CC1OC(=O)[C@H]1CCCCCCCC)OC(=O)[C@H](CC(C)C)NC=O. The van der Waals surface area contributed by atoms with E-state index in [1.54, 1.807) is 0 Å². The Kier molecular flexibility index (Phi) is 17.6. The molecule has 0 radical (unpaired) electrons. The molecule has 0 saturated carbocycles. The predicted octanol–water partition coefficient (Wildman–Crippen LogP) is 6.88. The van der Waals surface area contributed by atoms with Gasteiger partial charge in [0.2, 0.25) is 6.41 Å². The molecule has 6 heteroatoms. The zero-order valence-electron chi connectivity index (χ0n) is 23.0. The van der Waals surface area contributed by atoms with Crippen molar-refractivity contribution in [3.8, 4) is 0 Å². The van der Waals surface area contributed by atoms with Crippen molar-refractivity contribution >= 4 is 18.3 Å². The Morgan fingerprint density at radius 2 is 1.51 bits per heavy atom. The lowest BCUT2D eigenvalue weighted by Crippen LogP contribution is -2.48. The van der Waals surface area contributed by atoms with Crippen LogP contribution >= 0.6 is 0 Å². The van der Waals surface area contributed by atoms with Crippen LogP contribution in [0.4, 0.5) is 0 Å². The van der Waals surface area contributed by atoms with E-state index in [0.29, 0.717) is 19.3 Å². The fourth-order valence-electron chi connectivity index (χ4n) is 4.90. The summed E-state index contributed by atoms with van der Waals surface area (Å²) in [6.07, 6.45) is 18.4. The van der Waals surface area contributed by atoms with Gasteiger partial charge in [-0.2, -0.15) is 0 Å². The standard InChI is InChI=1S/C29H53NO5/c1-5-7-9-11-13-14-16-18-24(34-29(33)26(30-22-31)20-23(3)4)21-27-25(28(32)35-27)19-17-15-12-10-8-6-2/h22-27H,5-21H2,1-4H3,(H,30,31)/t24?,25-,26-,27?/m0/s1. The number of nitrogens with one attached hydrogen (secondary N) is 1. The molecule has 0 aliphatic carbocycles. The summed E-state index contributed by atoms with van der Waals surface area (Å²) >= 11 is 0. The summed E-state index contributed by atoms with van der Waals surface area (Å²) in [5.41, 5.74) is 0. The van der Waals surface area contributed by atoms with Crippen molar-refractivity contribution in [2.75, 3.05) is 0 Å². The molecule has 4 atom stereocenters. The zero-order chi connectivity index (χ0) is 25.9. The molecule has 6 nitrogen and oxygen atoms in total. The maximum absolute atomic E-state index is 12.9. The Morgan fingerprint density at radius 1 is 0.943 bits per heavy atom. The maximum Gasteiger partial charge on any atom is 0.328 e. The van der Waals surface area contributed by atoms with Crippen molar-refractivity contribution in [3.05, 3.63) is 0 Å². The van der Waals surface area contributed by atoms with Gasteiger partial charge in [-0.25, -0.2) is 4.79 Å². The van der Waals surface area contributed by atoms with E-state index in [1.807, 2.05) is 13.8 Å². The van der Waals surface area contributed by atoms with E-state index in [4.69, 9.17) is 9.47 Å². The molecule has 0 aromatic rings. The molecule has 0 aromatic carbocycles. The van der Waals surface area contributed by atoms with Crippen molar-refractivity contribution in [1.82, 2.24) is 5.32 Å². The average Bonchev–Trinajstić information content (AvgIpc) is 2.81. The lowest BCUT2D eigenvalue weighted by atomic mass is 9.86. The minimum Gasteiger partial charge on any atom is -0.461 e. The molecule has 1 aliphatic rings. The normalized spacial score (nSPS) is 19.1. The largest absolute Gasteiger partial charge is 0.461 e. The molecular formula is C29H53NO5. The summed E-state index contributed by atoms with van der Waals surface area (Å²) in [7, 11) is 0. The van der Waals surface area contributed by atoms with Crippen molar-refractivity contribution in [1.29, 1.82) is 0 Å². The van der Waals surface area contributed by atoms with Crippen molar-refractivity contribution < 1.29 is 23.9 Å². The number of hydrogen-bond donors (Lipinski definition) is 1. The molecule has 1 aliphatic heterocycles. The zero-order valence-corrected chi connectivity index (χ0v) is 23.0. The minimum atomic E-state index is -0.632. The number of carbonyl (C=O) groups is 3. The predicted molar refractivity (Wildman–Crippen MR) is 141 cm³/mol. The van der Waals surface area contributed by atoms with E-state index in [0.717, 1.165) is 38.5 Å². The molecule has 2 unspecified atom stereocenters. The highest BCUT2D eigenvalue weighted by molar-refractivity contribution is 5.79. The van der Waals surface area contributed by atoms with Crippen LogP contribution in [0, 0.1) is 11.8 Å². The highest BCUT2D eigenvalue weighted by Crippen LogP contribution is 2.33. The topological polar surface area (TPSA) is 81.7 Å². The van der Waals surface area contributed by atoms with Gasteiger partial charge in [-0.3, -0.25) is 9.59 Å². The minimum absolute atomic E-state index is 0.0732. The highest BCUT2D eigenvalue weighted by atomic mass is 16.6. The van der Waals surface area contributed by atoms with Crippen LogP contribution in [0.15, 0.2) is 0 Å². The van der Waals surface area contributed by atoms with Crippen LogP contribution in [0.5, 0.6) is 0 Å². The van der Waals surface area contributed by atoms with Crippen LogP contribution < -0.4 is 5.32 Å². The third-order valence-electron chi connectivity index (χ3n) is 7.06. The van der Waals surface area contributed by atoms with Crippen LogP contribution in [-0.4, -0.2) is 36.6 Å². The number of amides is 1. The van der Waals surface area contributed by atoms with Crippen molar-refractivity contribution in [3.63, 3.8) is 0 Å². The molecule has 1 fully saturated rings. The van der Waals surface area contributed by atoms with Crippen LogP contribution in [-0.2, 0) is 23.9 Å². The van der Waals surface area contributed by atoms with E-state index < -0.39 is 6.04 Å². The number of esters is 2. The van der Waals surface area contributed by atoms with Gasteiger partial charge in [0.25, 0.3) is 0 Å². The Bertz CT molecular complexity index is 579. The van der Waals surface area contributed by atoms with Crippen molar-refractivity contribution in [2.24, 2.45) is 11.8 Å². The van der Waals surface area contributed by atoms with Crippen LogP contribution in [0.2, 0.25) is 0 Å². The lowest BCUT2D eigenvalue weighted by molar-refractivity contribution is -0.190. The first-order valence-corrected chi connectivity index (χ1v) is 14.5. The first-order chi connectivity index (χ1) is 16.9. The summed E-state index contributed by atoms with van der Waals surface area (Å²) < 4.78 is 11.4. The van der Waals surface area contributed by atoms with Gasteiger partial charge < -0.3 is 14.8 Å². The highest BCUT2D eigenvalue weighted by Gasteiger charge is 2.43. The Morgan fingerprint density at radius 3 is 2.06 bits per heavy atom. The number of ether oxygens (including phenoxy) is 2. The van der Waals surface area contributed by atoms with Gasteiger partial charge >= 0.3 is 11.9 Å². The van der Waals surface area contributed by atoms with E-state index >= 15 is 0 Å². The fourth-order valence-corrected chi connectivity index (χ4v) is 4.90. The third-order valence-corrected chi connectivity index (χ3v) is 7.06. The number of hydrogen-bond acceptors (Lipinski definition) is 5. The number of carbonyl (C=O) groups excluding carboxylic acids is 3. The molecule has 0 bridgehead atoms. The van der Waals surface area contributed by atoms with Crippen molar-refractivity contribution in [2.45, 2.75) is 155 Å². The molecule has 0 aromatic heterocycles. The second kappa shape index (κ2) is 19.6. The van der Waals surface area contributed by atoms with E-state index in [9.17, 15) is 14.4 Å². The average molecular weight is 496 g/mol. The second-order valence-corrected chi connectivity index (χ2v) is 10.8. The molecule has 1 heterocycles. The van der Waals surface area contributed by atoms with Gasteiger partial charge in [-0.15, -0.1) is 0 Å². The summed E-state index contributed by atoms with van der Waals surface area (Å²) in [5.74, 6) is -0.298. The molecule has 0 spiro atoms. The summed E-state index contributed by atoms with van der Waals surface area (Å²) in [5, 5.41) is 2.62. The molecule has 204 valence electrons. The summed E-state index contributed by atoms with van der Waals surface area (Å²) in [6.45, 7) is 8.47. The van der Waals surface area contributed by atoms with Gasteiger partial charge in [0, 0.05) is 6.42 Å². The smallest absolute Gasteiger partial charge is 0.328 e. The third kappa shape index (κ3) is 13.9. The molecule has 1 saturated heterocycles. The molecule has 1 rings (SSSR count). The van der Waals surface area contributed by atoms with Gasteiger partial charge in [0.05, 0.1) is 5.92 Å². The molecule has 35 heavy (non-hydrogen) atoms. The Balaban J connectivity index is 2.60. The fraction of sp³-hybridized carbons (Fsp3) is 0.897.